The van der Waals surface area contributed by atoms with Crippen molar-refractivity contribution >= 4 is 17.2 Å². The van der Waals surface area contributed by atoms with E-state index in [0.717, 1.165) is 6.42 Å². The maximum absolute atomic E-state index is 11.7. The molecular weight excluding hydrogens is 198 g/mol. The lowest BCUT2D eigenvalue weighted by molar-refractivity contribution is 0.0771. The van der Waals surface area contributed by atoms with Gasteiger partial charge in [-0.05, 0) is 6.42 Å². The number of hydrogen-bond acceptors (Lipinski definition) is 4. The molecule has 1 aromatic rings. The maximum atomic E-state index is 11.7. The smallest absolute Gasteiger partial charge is 0.274 e. The largest absolute Gasteiger partial charge is 0.324 e. The monoisotopic (exact) mass is 209 g/mol. The molecule has 1 rings (SSSR count). The Kier molecular flexibility index (Phi) is 4.08. The third-order valence-corrected chi connectivity index (χ3v) is 2.28. The summed E-state index contributed by atoms with van der Waals surface area (Å²) in [6, 6.07) is 1.98. The second-order valence-electron chi connectivity index (χ2n) is 2.76. The van der Waals surface area contributed by atoms with E-state index in [1.165, 1.54) is 16.2 Å². The SMILES string of the molecule is CCCN(CC#N)C(=O)c1cscn1. The fourth-order valence-electron chi connectivity index (χ4n) is 1.09. The Labute approximate surface area is 86.8 Å². The molecule has 1 amide bonds. The third-order valence-electron chi connectivity index (χ3n) is 1.69. The minimum absolute atomic E-state index is 0.129. The summed E-state index contributed by atoms with van der Waals surface area (Å²) in [5.41, 5.74) is 2.04. The summed E-state index contributed by atoms with van der Waals surface area (Å²) in [5, 5.41) is 10.2. The number of nitriles is 1. The minimum atomic E-state index is -0.158. The van der Waals surface area contributed by atoms with E-state index in [-0.39, 0.29) is 12.5 Å². The van der Waals surface area contributed by atoms with Crippen molar-refractivity contribution < 1.29 is 4.79 Å². The van der Waals surface area contributed by atoms with Crippen LogP contribution in [0.2, 0.25) is 0 Å². The van der Waals surface area contributed by atoms with Crippen molar-refractivity contribution in [2.75, 3.05) is 13.1 Å². The zero-order chi connectivity index (χ0) is 10.4. The van der Waals surface area contributed by atoms with Crippen LogP contribution in [-0.2, 0) is 0 Å². The van der Waals surface area contributed by atoms with Gasteiger partial charge >= 0.3 is 0 Å². The molecule has 4 nitrogen and oxygen atoms in total. The topological polar surface area (TPSA) is 57.0 Å². The number of amides is 1. The number of thiazole rings is 1. The van der Waals surface area contributed by atoms with Gasteiger partial charge in [-0.25, -0.2) is 4.98 Å². The number of carbonyl (C=O) groups is 1. The molecule has 0 unspecified atom stereocenters. The van der Waals surface area contributed by atoms with Crippen molar-refractivity contribution in [2.24, 2.45) is 0 Å². The lowest BCUT2D eigenvalue weighted by Gasteiger charge is -2.16. The van der Waals surface area contributed by atoms with Crippen LogP contribution in [0.1, 0.15) is 23.8 Å². The number of rotatable bonds is 4. The van der Waals surface area contributed by atoms with Crippen LogP contribution in [0.25, 0.3) is 0 Å². The molecule has 0 fully saturated rings. The highest BCUT2D eigenvalue weighted by molar-refractivity contribution is 7.07. The lowest BCUT2D eigenvalue weighted by Crippen LogP contribution is -2.32. The van der Waals surface area contributed by atoms with E-state index in [9.17, 15) is 4.79 Å². The van der Waals surface area contributed by atoms with Gasteiger partial charge < -0.3 is 4.90 Å². The summed E-state index contributed by atoms with van der Waals surface area (Å²) in [4.78, 5) is 17.1. The standard InChI is InChI=1S/C9H11N3OS/c1-2-4-12(5-3-10)9(13)8-6-14-7-11-8/h6-7H,2,4-5H2,1H3. The molecule has 0 saturated carbocycles. The van der Waals surface area contributed by atoms with E-state index in [1.54, 1.807) is 10.9 Å². The predicted molar refractivity (Wildman–Crippen MR) is 53.9 cm³/mol. The van der Waals surface area contributed by atoms with Gasteiger partial charge in [-0.3, -0.25) is 4.79 Å². The molecular formula is C9H11N3OS. The van der Waals surface area contributed by atoms with Gasteiger partial charge in [0.2, 0.25) is 0 Å². The molecule has 0 aliphatic carbocycles. The second-order valence-corrected chi connectivity index (χ2v) is 3.48. The molecule has 0 aromatic carbocycles. The van der Waals surface area contributed by atoms with Crippen molar-refractivity contribution in [3.05, 3.63) is 16.6 Å². The summed E-state index contributed by atoms with van der Waals surface area (Å²) in [6.45, 7) is 2.70. The van der Waals surface area contributed by atoms with E-state index in [1.807, 2.05) is 13.0 Å². The van der Waals surface area contributed by atoms with Crippen LogP contribution in [0.5, 0.6) is 0 Å². The van der Waals surface area contributed by atoms with E-state index < -0.39 is 0 Å². The Bertz CT molecular complexity index is 328. The zero-order valence-electron chi connectivity index (χ0n) is 7.93. The van der Waals surface area contributed by atoms with Crippen molar-refractivity contribution in [2.45, 2.75) is 13.3 Å². The van der Waals surface area contributed by atoms with E-state index in [4.69, 9.17) is 5.26 Å². The number of carbonyl (C=O) groups excluding carboxylic acids is 1. The molecule has 0 bridgehead atoms. The van der Waals surface area contributed by atoms with Crippen LogP contribution >= 0.6 is 11.3 Å². The molecule has 0 spiro atoms. The molecule has 0 saturated heterocycles. The molecule has 74 valence electrons. The number of aromatic nitrogens is 1. The Morgan fingerprint density at radius 2 is 2.57 bits per heavy atom. The Morgan fingerprint density at radius 1 is 1.79 bits per heavy atom. The molecule has 14 heavy (non-hydrogen) atoms. The maximum Gasteiger partial charge on any atom is 0.274 e. The first kappa shape index (κ1) is 10.7. The minimum Gasteiger partial charge on any atom is -0.324 e. The molecule has 1 aromatic heterocycles. The van der Waals surface area contributed by atoms with Gasteiger partial charge in [-0.1, -0.05) is 6.92 Å². The van der Waals surface area contributed by atoms with Gasteiger partial charge in [0.1, 0.15) is 12.2 Å². The van der Waals surface area contributed by atoms with Crippen molar-refractivity contribution in [3.8, 4) is 6.07 Å². The molecule has 1 heterocycles. The molecule has 5 heteroatoms. The Balaban J connectivity index is 2.69. The van der Waals surface area contributed by atoms with Gasteiger partial charge in [0.25, 0.3) is 5.91 Å². The molecule has 0 radical (unpaired) electrons. The average molecular weight is 209 g/mol. The highest BCUT2D eigenvalue weighted by atomic mass is 32.1. The fourth-order valence-corrected chi connectivity index (χ4v) is 1.61. The third kappa shape index (κ3) is 2.54. The summed E-state index contributed by atoms with van der Waals surface area (Å²) < 4.78 is 0. The van der Waals surface area contributed by atoms with Crippen LogP contribution < -0.4 is 0 Å². The Morgan fingerprint density at radius 3 is 3.07 bits per heavy atom. The predicted octanol–water partition coefficient (Wildman–Crippen LogP) is 1.52. The first-order chi connectivity index (χ1) is 6.79. The first-order valence-electron chi connectivity index (χ1n) is 4.34. The molecule has 0 aliphatic rings. The summed E-state index contributed by atoms with van der Waals surface area (Å²) in [6.07, 6.45) is 0.845. The van der Waals surface area contributed by atoms with Crippen LogP contribution in [0.15, 0.2) is 10.9 Å². The first-order valence-corrected chi connectivity index (χ1v) is 5.28. The Hall–Kier alpha value is -1.41. The van der Waals surface area contributed by atoms with Gasteiger partial charge in [0.05, 0.1) is 11.6 Å². The average Bonchev–Trinajstić information content (AvgIpc) is 2.69. The van der Waals surface area contributed by atoms with Crippen molar-refractivity contribution in [3.63, 3.8) is 0 Å². The number of nitrogens with zero attached hydrogens (tertiary/aromatic N) is 3. The normalized spacial score (nSPS) is 9.43. The zero-order valence-corrected chi connectivity index (χ0v) is 8.75. The molecule has 0 N–H and O–H groups in total. The molecule has 0 aliphatic heterocycles. The highest BCUT2D eigenvalue weighted by Crippen LogP contribution is 2.05. The van der Waals surface area contributed by atoms with Gasteiger partial charge in [-0.15, -0.1) is 11.3 Å². The van der Waals surface area contributed by atoms with Gasteiger partial charge in [0, 0.05) is 11.9 Å². The van der Waals surface area contributed by atoms with Crippen LogP contribution in [0.3, 0.4) is 0 Å². The van der Waals surface area contributed by atoms with Crippen LogP contribution in [0.4, 0.5) is 0 Å². The van der Waals surface area contributed by atoms with E-state index in [2.05, 4.69) is 4.98 Å². The van der Waals surface area contributed by atoms with Gasteiger partial charge in [0.15, 0.2) is 0 Å². The van der Waals surface area contributed by atoms with Gasteiger partial charge in [-0.2, -0.15) is 5.26 Å². The van der Waals surface area contributed by atoms with E-state index in [0.29, 0.717) is 12.2 Å². The molecule has 0 atom stereocenters. The van der Waals surface area contributed by atoms with E-state index >= 15 is 0 Å². The lowest BCUT2D eigenvalue weighted by atomic mass is 10.3. The number of hydrogen-bond donors (Lipinski definition) is 0. The summed E-state index contributed by atoms with van der Waals surface area (Å²) >= 11 is 1.38. The van der Waals surface area contributed by atoms with Crippen LogP contribution in [-0.4, -0.2) is 28.9 Å². The van der Waals surface area contributed by atoms with Crippen molar-refractivity contribution in [1.82, 2.24) is 9.88 Å². The van der Waals surface area contributed by atoms with Crippen molar-refractivity contribution in [1.29, 1.82) is 5.26 Å². The summed E-state index contributed by atoms with van der Waals surface area (Å²) in [5.74, 6) is -0.158. The fraction of sp³-hybridized carbons (Fsp3) is 0.444. The summed E-state index contributed by atoms with van der Waals surface area (Å²) in [7, 11) is 0. The second kappa shape index (κ2) is 5.35. The van der Waals surface area contributed by atoms with Crippen LogP contribution in [0, 0.1) is 11.3 Å². The highest BCUT2D eigenvalue weighted by Gasteiger charge is 2.15. The quantitative estimate of drug-likeness (QED) is 0.706.